The zero-order valence-electron chi connectivity index (χ0n) is 33.6. The number of furan rings is 1. The molecule has 8 rings (SSSR count). The van der Waals surface area contributed by atoms with Crippen molar-refractivity contribution >= 4 is 46.4 Å². The van der Waals surface area contributed by atoms with Crippen LogP contribution in [0.5, 0.6) is 0 Å². The maximum Gasteiger partial charge on any atom is 0.216 e. The van der Waals surface area contributed by atoms with Gasteiger partial charge in [-0.25, -0.2) is 4.98 Å². The van der Waals surface area contributed by atoms with E-state index in [4.69, 9.17) is 9.40 Å². The molecule has 0 aliphatic carbocycles. The van der Waals surface area contributed by atoms with Crippen LogP contribution in [0.4, 0.5) is 0 Å². The van der Waals surface area contributed by atoms with Crippen molar-refractivity contribution in [1.82, 2.24) is 19.5 Å². The largest absolute Gasteiger partial charge is 0.486 e. The Morgan fingerprint density at radius 3 is 2.25 bits per heavy atom. The maximum atomic E-state index is 6.35. The van der Waals surface area contributed by atoms with Crippen molar-refractivity contribution in [3.05, 3.63) is 138 Å². The predicted octanol–water partition coefficient (Wildman–Crippen LogP) is 12.0. The fourth-order valence-corrected chi connectivity index (χ4v) is 8.76. The van der Waals surface area contributed by atoms with Crippen molar-refractivity contribution in [2.24, 2.45) is 5.92 Å². The van der Waals surface area contributed by atoms with E-state index in [1.54, 1.807) is 0 Å². The van der Waals surface area contributed by atoms with Gasteiger partial charge in [0, 0.05) is 43.1 Å². The van der Waals surface area contributed by atoms with Crippen LogP contribution < -0.4 is 5.19 Å². The first kappa shape index (κ1) is 40.0. The molecule has 0 unspecified atom stereocenters. The number of nitrogens with zero attached hydrogens (tertiary/aromatic N) is 4. The van der Waals surface area contributed by atoms with Crippen LogP contribution >= 0.6 is 0 Å². The van der Waals surface area contributed by atoms with Crippen molar-refractivity contribution in [2.45, 2.75) is 79.9 Å². The number of pyridine rings is 2. The molecule has 283 valence electrons. The van der Waals surface area contributed by atoms with Crippen LogP contribution in [0.15, 0.2) is 108 Å². The van der Waals surface area contributed by atoms with Gasteiger partial charge < -0.3 is 14.0 Å². The van der Waals surface area contributed by atoms with Crippen LogP contribution in [-0.2, 0) is 31.9 Å². The van der Waals surface area contributed by atoms with Gasteiger partial charge in [-0.3, -0.25) is 4.98 Å². The van der Waals surface area contributed by atoms with E-state index in [1.165, 1.54) is 16.3 Å². The molecule has 7 heteroatoms. The summed E-state index contributed by atoms with van der Waals surface area (Å²) in [6.45, 7) is 22.5. The van der Waals surface area contributed by atoms with E-state index in [-0.39, 0.29) is 25.5 Å². The number of para-hydroxylation sites is 2. The van der Waals surface area contributed by atoms with E-state index in [1.807, 2.05) is 49.4 Å². The van der Waals surface area contributed by atoms with Gasteiger partial charge in [0.05, 0.1) is 30.5 Å². The molecule has 0 bridgehead atoms. The SMILES string of the molecule is CC(C)Cc1cc(-c2[c-]cccc2)ncc1[Si](C)(C)C.Cc1ccc2c(n1)oc1c(-c3nc4ccccc4n3-c3ccc(C(C)(C)C)cc3)[c-]cc(C)c12.[Ir]. The zero-order valence-corrected chi connectivity index (χ0v) is 37.0. The number of hydrogen-bond acceptors (Lipinski definition) is 4. The smallest absolute Gasteiger partial charge is 0.216 e. The molecule has 5 nitrogen and oxygen atoms in total. The summed E-state index contributed by atoms with van der Waals surface area (Å²) in [5.41, 5.74) is 12.3. The van der Waals surface area contributed by atoms with Crippen LogP contribution in [0, 0.1) is 31.9 Å². The molecule has 0 saturated carbocycles. The van der Waals surface area contributed by atoms with Crippen LogP contribution in [-0.4, -0.2) is 27.6 Å². The Hall–Kier alpha value is -4.68. The van der Waals surface area contributed by atoms with Gasteiger partial charge in [0.2, 0.25) is 5.71 Å². The first-order chi connectivity index (χ1) is 25.7. The van der Waals surface area contributed by atoms with Gasteiger partial charge in [0.15, 0.2) is 0 Å². The molecule has 1 radical (unpaired) electrons. The summed E-state index contributed by atoms with van der Waals surface area (Å²) in [7, 11) is -1.34. The molecular formula is C48H50IrN4OSi-2. The third-order valence-corrected chi connectivity index (χ3v) is 12.0. The van der Waals surface area contributed by atoms with Gasteiger partial charge in [-0.05, 0) is 77.5 Å². The molecule has 0 fully saturated rings. The molecule has 8 aromatic rings. The minimum Gasteiger partial charge on any atom is -0.486 e. The molecule has 4 heterocycles. The third-order valence-electron chi connectivity index (χ3n) is 9.94. The summed E-state index contributed by atoms with van der Waals surface area (Å²) in [5.74, 6) is 1.48. The summed E-state index contributed by atoms with van der Waals surface area (Å²) in [6, 6.07) is 40.2. The molecule has 4 aromatic heterocycles. The van der Waals surface area contributed by atoms with Gasteiger partial charge in [-0.15, -0.1) is 53.6 Å². The number of benzene rings is 4. The Labute approximate surface area is 340 Å². The van der Waals surface area contributed by atoms with E-state index in [2.05, 4.69) is 149 Å². The van der Waals surface area contributed by atoms with Crippen molar-refractivity contribution < 1.29 is 24.5 Å². The van der Waals surface area contributed by atoms with Crippen molar-refractivity contribution in [3.8, 4) is 28.3 Å². The zero-order chi connectivity index (χ0) is 38.4. The van der Waals surface area contributed by atoms with E-state index in [0.717, 1.165) is 73.4 Å². The molecule has 0 spiro atoms. The second-order valence-electron chi connectivity index (χ2n) is 16.9. The number of imidazole rings is 1. The predicted molar refractivity (Wildman–Crippen MR) is 229 cm³/mol. The van der Waals surface area contributed by atoms with Gasteiger partial charge >= 0.3 is 0 Å². The minimum absolute atomic E-state index is 0. The first-order valence-electron chi connectivity index (χ1n) is 19.0. The fraction of sp³-hybridized carbons (Fsp3) is 0.271. The second-order valence-corrected chi connectivity index (χ2v) is 21.9. The number of aryl methyl sites for hydroxylation is 2. The summed E-state index contributed by atoms with van der Waals surface area (Å²) in [4.78, 5) is 14.4. The number of rotatable bonds is 6. The Morgan fingerprint density at radius 1 is 0.855 bits per heavy atom. The van der Waals surface area contributed by atoms with Gasteiger partial charge in [-0.2, -0.15) is 0 Å². The van der Waals surface area contributed by atoms with Crippen LogP contribution in [0.1, 0.15) is 57.0 Å². The summed E-state index contributed by atoms with van der Waals surface area (Å²) >= 11 is 0. The second kappa shape index (κ2) is 15.8. The average molecular weight is 919 g/mol. The van der Waals surface area contributed by atoms with Crippen LogP contribution in [0.3, 0.4) is 0 Å². The molecule has 0 amide bonds. The Balaban J connectivity index is 0.000000211. The van der Waals surface area contributed by atoms with E-state index >= 15 is 0 Å². The van der Waals surface area contributed by atoms with Crippen molar-refractivity contribution in [3.63, 3.8) is 0 Å². The molecule has 0 aliphatic rings. The van der Waals surface area contributed by atoms with E-state index in [0.29, 0.717) is 11.6 Å². The van der Waals surface area contributed by atoms with Crippen molar-refractivity contribution in [1.29, 1.82) is 0 Å². The summed E-state index contributed by atoms with van der Waals surface area (Å²) in [5, 5.41) is 3.58. The summed E-state index contributed by atoms with van der Waals surface area (Å²) in [6.07, 6.45) is 3.24. The molecule has 4 aromatic carbocycles. The van der Waals surface area contributed by atoms with Crippen molar-refractivity contribution in [2.75, 3.05) is 0 Å². The number of aromatic nitrogens is 4. The summed E-state index contributed by atoms with van der Waals surface area (Å²) < 4.78 is 8.56. The molecule has 55 heavy (non-hydrogen) atoms. The Bertz CT molecular complexity index is 2590. The molecule has 0 aliphatic heterocycles. The monoisotopic (exact) mass is 919 g/mol. The topological polar surface area (TPSA) is 56.7 Å². The fourth-order valence-electron chi connectivity index (χ4n) is 7.17. The quantitative estimate of drug-likeness (QED) is 0.123. The van der Waals surface area contributed by atoms with Gasteiger partial charge in [0.25, 0.3) is 0 Å². The van der Waals surface area contributed by atoms with Crippen LogP contribution in [0.25, 0.3) is 61.4 Å². The molecule has 0 N–H and O–H groups in total. The van der Waals surface area contributed by atoms with Crippen LogP contribution in [0.2, 0.25) is 19.6 Å². The van der Waals surface area contributed by atoms with Gasteiger partial charge in [0.1, 0.15) is 0 Å². The molecule has 0 atom stereocenters. The third kappa shape index (κ3) is 8.30. The normalized spacial score (nSPS) is 11.9. The maximum absolute atomic E-state index is 6.35. The standard InChI is InChI=1S/C30H26N3O.C18H24NSi.Ir/c1-18-10-16-23(27-26(18)22-17-11-19(2)31-29(22)34-27)28-32-24-8-6-7-9-25(24)33(28)21-14-12-20(13-15-21)30(3,4)5;1-14(2)11-16-12-17(15-9-7-6-8-10-15)19-13-18(16)20(3,4)5;/h6-15,17H,1-5H3;6-9,12-14H,11H2,1-5H3;/q2*-1;. The molecular weight excluding hydrogens is 869 g/mol. The Morgan fingerprint density at radius 2 is 1.58 bits per heavy atom. The number of hydrogen-bond donors (Lipinski definition) is 0. The Kier molecular flexibility index (Phi) is 11.5. The van der Waals surface area contributed by atoms with Gasteiger partial charge in [-0.1, -0.05) is 108 Å². The molecule has 0 saturated heterocycles. The number of fused-ring (bicyclic) bond motifs is 4. The minimum atomic E-state index is -1.34. The van der Waals surface area contributed by atoms with E-state index in [9.17, 15) is 0 Å². The average Bonchev–Trinajstić information content (AvgIpc) is 3.70. The first-order valence-corrected chi connectivity index (χ1v) is 22.5. The van der Waals surface area contributed by atoms with E-state index < -0.39 is 8.07 Å².